The molecule has 2 aromatic heterocycles. The van der Waals surface area contributed by atoms with Gasteiger partial charge in [-0.25, -0.2) is 4.98 Å². The molecule has 16 heavy (non-hydrogen) atoms. The summed E-state index contributed by atoms with van der Waals surface area (Å²) in [6, 6.07) is 4.36. The summed E-state index contributed by atoms with van der Waals surface area (Å²) in [6.45, 7) is 0.783. The molecule has 1 aliphatic rings. The van der Waals surface area contributed by atoms with Crippen LogP contribution in [-0.4, -0.2) is 17.3 Å². The molecule has 3 rings (SSSR count). The van der Waals surface area contributed by atoms with Crippen LogP contribution in [-0.2, 0) is 4.79 Å². The van der Waals surface area contributed by atoms with Crippen molar-refractivity contribution in [2.24, 2.45) is 0 Å². The van der Waals surface area contributed by atoms with Crippen LogP contribution in [0.25, 0.3) is 10.2 Å². The maximum absolute atomic E-state index is 11.4. The Balaban J connectivity index is 1.95. The van der Waals surface area contributed by atoms with Crippen LogP contribution in [0.15, 0.2) is 23.7 Å². The molecule has 0 saturated carbocycles. The second-order valence-electron chi connectivity index (χ2n) is 4.08. The Labute approximate surface area is 97.5 Å². The number of thiophene rings is 1. The van der Waals surface area contributed by atoms with E-state index >= 15 is 0 Å². The summed E-state index contributed by atoms with van der Waals surface area (Å²) >= 11 is 1.64. The zero-order valence-corrected chi connectivity index (χ0v) is 9.59. The molecular formula is C12H12N2OS. The van der Waals surface area contributed by atoms with Crippen molar-refractivity contribution in [2.45, 2.75) is 18.9 Å². The third-order valence-electron chi connectivity index (χ3n) is 2.96. The molecule has 1 fully saturated rings. The van der Waals surface area contributed by atoms with E-state index in [4.69, 9.17) is 0 Å². The molecule has 1 saturated heterocycles. The molecule has 0 radical (unpaired) electrons. The molecule has 1 N–H and O–H groups in total. The molecule has 1 atom stereocenters. The SMILES string of the molecule is O=C1CCNC(c2cnc3sccc3c2)C1. The first-order valence-corrected chi connectivity index (χ1v) is 6.29. The van der Waals surface area contributed by atoms with Crippen LogP contribution in [0.3, 0.4) is 0 Å². The van der Waals surface area contributed by atoms with E-state index in [0.717, 1.165) is 16.9 Å². The van der Waals surface area contributed by atoms with E-state index in [1.165, 1.54) is 5.39 Å². The Morgan fingerprint density at radius 1 is 1.50 bits per heavy atom. The van der Waals surface area contributed by atoms with Crippen molar-refractivity contribution in [3.05, 3.63) is 29.3 Å². The maximum atomic E-state index is 11.4. The fraction of sp³-hybridized carbons (Fsp3) is 0.333. The van der Waals surface area contributed by atoms with Crippen LogP contribution >= 0.6 is 11.3 Å². The van der Waals surface area contributed by atoms with Crippen LogP contribution in [0.2, 0.25) is 0 Å². The van der Waals surface area contributed by atoms with Gasteiger partial charge in [0.2, 0.25) is 0 Å². The van der Waals surface area contributed by atoms with Gasteiger partial charge in [-0.05, 0) is 23.1 Å². The number of nitrogens with zero attached hydrogens (tertiary/aromatic N) is 1. The van der Waals surface area contributed by atoms with Crippen molar-refractivity contribution in [3.8, 4) is 0 Å². The van der Waals surface area contributed by atoms with Gasteiger partial charge in [-0.1, -0.05) is 0 Å². The van der Waals surface area contributed by atoms with E-state index in [1.807, 2.05) is 11.6 Å². The maximum Gasteiger partial charge on any atom is 0.136 e. The summed E-state index contributed by atoms with van der Waals surface area (Å²) < 4.78 is 0. The van der Waals surface area contributed by atoms with Gasteiger partial charge < -0.3 is 5.32 Å². The predicted molar refractivity (Wildman–Crippen MR) is 64.6 cm³/mol. The van der Waals surface area contributed by atoms with Crippen LogP contribution in [0.1, 0.15) is 24.4 Å². The van der Waals surface area contributed by atoms with Gasteiger partial charge in [0.15, 0.2) is 0 Å². The van der Waals surface area contributed by atoms with Crippen LogP contribution in [0, 0.1) is 0 Å². The molecule has 3 nitrogen and oxygen atoms in total. The lowest BCUT2D eigenvalue weighted by molar-refractivity contribution is -0.120. The number of hydrogen-bond donors (Lipinski definition) is 1. The Kier molecular flexibility index (Phi) is 2.46. The number of carbonyl (C=O) groups excluding carboxylic acids is 1. The molecule has 0 aliphatic carbocycles. The summed E-state index contributed by atoms with van der Waals surface area (Å²) in [6.07, 6.45) is 3.14. The zero-order chi connectivity index (χ0) is 11.0. The van der Waals surface area contributed by atoms with Gasteiger partial charge in [-0.15, -0.1) is 11.3 Å². The molecule has 4 heteroatoms. The van der Waals surface area contributed by atoms with Gasteiger partial charge in [-0.3, -0.25) is 4.79 Å². The molecular weight excluding hydrogens is 220 g/mol. The molecule has 0 spiro atoms. The van der Waals surface area contributed by atoms with Crippen molar-refractivity contribution >= 4 is 27.3 Å². The second kappa shape index (κ2) is 3.96. The molecule has 3 heterocycles. The fourth-order valence-corrected chi connectivity index (χ4v) is 2.81. The van der Waals surface area contributed by atoms with E-state index in [0.29, 0.717) is 18.6 Å². The third kappa shape index (κ3) is 1.74. The molecule has 0 amide bonds. The first-order chi connectivity index (χ1) is 7.83. The minimum absolute atomic E-state index is 0.151. The van der Waals surface area contributed by atoms with Gasteiger partial charge in [0.05, 0.1) is 0 Å². The second-order valence-corrected chi connectivity index (χ2v) is 4.98. The minimum atomic E-state index is 0.151. The summed E-state index contributed by atoms with van der Waals surface area (Å²) in [7, 11) is 0. The van der Waals surface area contributed by atoms with E-state index in [1.54, 1.807) is 11.3 Å². The highest BCUT2D eigenvalue weighted by Crippen LogP contribution is 2.25. The largest absolute Gasteiger partial charge is 0.309 e. The van der Waals surface area contributed by atoms with Crippen molar-refractivity contribution in [1.29, 1.82) is 0 Å². The van der Waals surface area contributed by atoms with E-state index in [-0.39, 0.29) is 6.04 Å². The number of carbonyl (C=O) groups is 1. The number of nitrogens with one attached hydrogen (secondary N) is 1. The smallest absolute Gasteiger partial charge is 0.136 e. The number of fused-ring (bicyclic) bond motifs is 1. The van der Waals surface area contributed by atoms with Crippen molar-refractivity contribution in [3.63, 3.8) is 0 Å². The average molecular weight is 232 g/mol. The Morgan fingerprint density at radius 3 is 3.31 bits per heavy atom. The average Bonchev–Trinajstić information content (AvgIpc) is 2.75. The van der Waals surface area contributed by atoms with Gasteiger partial charge in [0.1, 0.15) is 10.6 Å². The Bertz CT molecular complexity index is 535. The van der Waals surface area contributed by atoms with Gasteiger partial charge >= 0.3 is 0 Å². The van der Waals surface area contributed by atoms with Gasteiger partial charge in [-0.2, -0.15) is 0 Å². The Hall–Kier alpha value is -1.26. The lowest BCUT2D eigenvalue weighted by Crippen LogP contribution is -2.31. The van der Waals surface area contributed by atoms with Gasteiger partial charge in [0.25, 0.3) is 0 Å². The normalized spacial score (nSPS) is 21.5. The van der Waals surface area contributed by atoms with Crippen molar-refractivity contribution in [1.82, 2.24) is 10.3 Å². The summed E-state index contributed by atoms with van der Waals surface area (Å²) in [4.78, 5) is 16.9. The highest BCUT2D eigenvalue weighted by atomic mass is 32.1. The number of Topliss-reactive ketones (excluding diaryl/α,β-unsaturated/α-hetero) is 1. The van der Waals surface area contributed by atoms with Gasteiger partial charge in [0, 0.05) is 37.0 Å². The number of ketones is 1. The van der Waals surface area contributed by atoms with E-state index in [9.17, 15) is 4.79 Å². The van der Waals surface area contributed by atoms with Crippen LogP contribution in [0.4, 0.5) is 0 Å². The predicted octanol–water partition coefficient (Wildman–Crippen LogP) is 2.29. The molecule has 1 unspecified atom stereocenters. The van der Waals surface area contributed by atoms with Crippen LogP contribution in [0.5, 0.6) is 0 Å². The highest BCUT2D eigenvalue weighted by molar-refractivity contribution is 7.16. The lowest BCUT2D eigenvalue weighted by atomic mass is 9.97. The van der Waals surface area contributed by atoms with Crippen LogP contribution < -0.4 is 5.32 Å². The third-order valence-corrected chi connectivity index (χ3v) is 3.79. The summed E-state index contributed by atoms with van der Waals surface area (Å²) in [5, 5.41) is 6.58. The fourth-order valence-electron chi connectivity index (χ4n) is 2.09. The number of hydrogen-bond acceptors (Lipinski definition) is 4. The van der Waals surface area contributed by atoms with E-state index < -0.39 is 0 Å². The lowest BCUT2D eigenvalue weighted by Gasteiger charge is -2.22. The standard InChI is InChI=1S/C12H12N2OS/c15-10-1-3-13-11(6-10)9-5-8-2-4-16-12(8)14-7-9/h2,4-5,7,11,13H,1,3,6H2. The summed E-state index contributed by atoms with van der Waals surface area (Å²) in [5.74, 6) is 0.342. The van der Waals surface area contributed by atoms with Crippen molar-refractivity contribution in [2.75, 3.05) is 6.54 Å². The molecule has 2 aromatic rings. The Morgan fingerprint density at radius 2 is 2.44 bits per heavy atom. The van der Waals surface area contributed by atoms with Crippen molar-refractivity contribution < 1.29 is 4.79 Å². The number of piperidine rings is 1. The monoisotopic (exact) mass is 232 g/mol. The zero-order valence-electron chi connectivity index (χ0n) is 8.77. The number of aromatic nitrogens is 1. The first kappa shape index (κ1) is 9.93. The minimum Gasteiger partial charge on any atom is -0.309 e. The molecule has 0 aromatic carbocycles. The number of rotatable bonds is 1. The quantitative estimate of drug-likeness (QED) is 0.820. The molecule has 0 bridgehead atoms. The first-order valence-electron chi connectivity index (χ1n) is 5.41. The highest BCUT2D eigenvalue weighted by Gasteiger charge is 2.20. The number of pyridine rings is 1. The molecule has 1 aliphatic heterocycles. The summed E-state index contributed by atoms with van der Waals surface area (Å²) in [5.41, 5.74) is 1.12. The molecule has 82 valence electrons. The van der Waals surface area contributed by atoms with E-state index in [2.05, 4.69) is 22.4 Å². The topological polar surface area (TPSA) is 42.0 Å².